The van der Waals surface area contributed by atoms with Gasteiger partial charge in [-0.3, -0.25) is 0 Å². The average Bonchev–Trinajstić information content (AvgIpc) is 3.23. The van der Waals surface area contributed by atoms with Gasteiger partial charge in [0.05, 0.1) is 66.8 Å². The van der Waals surface area contributed by atoms with Crippen LogP contribution in [-0.2, 0) is 61.8 Å². The topological polar surface area (TPSA) is 47.6 Å². The Balaban J connectivity index is 2.46. The molecular formula is C44H12F30N2. The second kappa shape index (κ2) is 18.8. The summed E-state index contributed by atoms with van der Waals surface area (Å²) in [7, 11) is 0. The Hall–Kier alpha value is -7.28. The Morgan fingerprint density at radius 1 is 0.250 bits per heavy atom. The molecule has 0 fully saturated rings. The van der Waals surface area contributed by atoms with Crippen molar-refractivity contribution in [1.82, 2.24) is 0 Å². The zero-order chi connectivity index (χ0) is 58.4. The van der Waals surface area contributed by atoms with Crippen molar-refractivity contribution < 1.29 is 132 Å². The minimum absolute atomic E-state index is 0.496. The molecule has 408 valence electrons. The highest BCUT2D eigenvalue weighted by Crippen LogP contribution is 2.49. The number of hydrogen-bond acceptors (Lipinski definition) is 2. The minimum atomic E-state index is -6.66. The smallest absolute Gasteiger partial charge is 0.192 e. The van der Waals surface area contributed by atoms with E-state index < -0.39 is 245 Å². The van der Waals surface area contributed by atoms with Crippen LogP contribution in [0, 0.1) is 22.7 Å². The molecule has 32 heteroatoms. The molecule has 0 heterocycles. The number of benzene rings is 5. The fraction of sp³-hybridized carbons (Fsp3) is 0.227. The molecule has 5 rings (SSSR count). The molecule has 0 amide bonds. The van der Waals surface area contributed by atoms with Crippen molar-refractivity contribution in [1.29, 1.82) is 10.5 Å². The number of rotatable bonds is 4. The van der Waals surface area contributed by atoms with Gasteiger partial charge in [0.25, 0.3) is 0 Å². The molecule has 0 atom stereocenters. The number of nitrogens with zero attached hydrogens (tertiary/aromatic N) is 2. The lowest BCUT2D eigenvalue weighted by Crippen LogP contribution is -2.26. The van der Waals surface area contributed by atoms with Crippen molar-refractivity contribution in [3.63, 3.8) is 0 Å². The van der Waals surface area contributed by atoms with Crippen LogP contribution in [0.25, 0.3) is 33.4 Å². The molecule has 76 heavy (non-hydrogen) atoms. The van der Waals surface area contributed by atoms with Gasteiger partial charge in [0.1, 0.15) is 12.1 Å². The molecule has 0 aliphatic heterocycles. The first-order chi connectivity index (χ1) is 33.9. The van der Waals surface area contributed by atoms with Crippen LogP contribution < -0.4 is 10.4 Å². The SMILES string of the molecule is N#C/C(c1c(C(F)(F)F)cc(C(F)(F)F)cc1C(F)(F)F)=c1/cc(-c2cc(C(F)(F)F)cc(C(F)(F)F)c2)/c(=C(\C#N)c2c(C(F)(F)F)cc(C(F)(F)F)cc2C(F)(F)F)cc1-c1cc(C(F)(F)F)cc(C(F)(F)F)c1. The van der Waals surface area contributed by atoms with Crippen molar-refractivity contribution in [2.24, 2.45) is 0 Å². The predicted molar refractivity (Wildman–Crippen MR) is 196 cm³/mol. The summed E-state index contributed by atoms with van der Waals surface area (Å²) in [4.78, 5) is 0. The van der Waals surface area contributed by atoms with Crippen molar-refractivity contribution in [3.8, 4) is 34.4 Å². The number of hydrogen-bond donors (Lipinski definition) is 0. The van der Waals surface area contributed by atoms with E-state index in [0.717, 1.165) is 0 Å². The van der Waals surface area contributed by atoms with Gasteiger partial charge in [-0.25, -0.2) is 0 Å². The van der Waals surface area contributed by atoms with Gasteiger partial charge in [0, 0.05) is 21.6 Å². The van der Waals surface area contributed by atoms with E-state index in [1.54, 1.807) is 0 Å². The molecular weight excluding hydrogens is 1130 g/mol. The van der Waals surface area contributed by atoms with Gasteiger partial charge in [0.15, 0.2) is 0 Å². The molecule has 5 aromatic carbocycles. The van der Waals surface area contributed by atoms with Crippen LogP contribution in [0.15, 0.2) is 72.8 Å². The third kappa shape index (κ3) is 12.4. The summed E-state index contributed by atoms with van der Waals surface area (Å²) in [5.41, 5.74) is -49.2. The van der Waals surface area contributed by atoms with Crippen molar-refractivity contribution >= 4 is 11.1 Å². The quantitative estimate of drug-likeness (QED) is 0.168. The van der Waals surface area contributed by atoms with Crippen molar-refractivity contribution in [2.45, 2.75) is 61.8 Å². The molecule has 0 radical (unpaired) electrons. The van der Waals surface area contributed by atoms with Crippen molar-refractivity contribution in [2.75, 3.05) is 0 Å². The lowest BCUT2D eigenvalue weighted by atomic mass is 9.84. The summed E-state index contributed by atoms with van der Waals surface area (Å²) < 4.78 is 433. The maximum Gasteiger partial charge on any atom is 0.417 e. The van der Waals surface area contributed by atoms with Gasteiger partial charge in [-0.15, -0.1) is 0 Å². The summed E-state index contributed by atoms with van der Waals surface area (Å²) in [5, 5.41) is 16.2. The largest absolute Gasteiger partial charge is 0.417 e. The molecule has 0 unspecified atom stereocenters. The summed E-state index contributed by atoms with van der Waals surface area (Å²) in [6.07, 6.45) is -63.7. The third-order valence-corrected chi connectivity index (χ3v) is 10.4. The minimum Gasteiger partial charge on any atom is -0.192 e. The Labute approximate surface area is 399 Å². The van der Waals surface area contributed by atoms with Crippen LogP contribution in [0.4, 0.5) is 132 Å². The van der Waals surface area contributed by atoms with Gasteiger partial charge < -0.3 is 0 Å². The van der Waals surface area contributed by atoms with Gasteiger partial charge >= 0.3 is 61.8 Å². The van der Waals surface area contributed by atoms with E-state index in [2.05, 4.69) is 0 Å². The van der Waals surface area contributed by atoms with E-state index >= 15 is 0 Å². The molecule has 0 aliphatic carbocycles. The monoisotopic (exact) mass is 1140 g/mol. The fourth-order valence-corrected chi connectivity index (χ4v) is 7.26. The van der Waals surface area contributed by atoms with E-state index in [4.69, 9.17) is 0 Å². The second-order valence-corrected chi connectivity index (χ2v) is 15.4. The first-order valence-corrected chi connectivity index (χ1v) is 19.0. The number of nitriles is 2. The number of alkyl halides is 30. The van der Waals surface area contributed by atoms with E-state index in [9.17, 15) is 142 Å². The first kappa shape index (κ1) is 59.6. The summed E-state index contributed by atoms with van der Waals surface area (Å²) in [6, 6.07) is -9.31. The standard InChI is InChI=1S/C44H12F30N2/c45-35(46,47)17-1-15(2-18(5-17)36(48,49)50)23-11-26(28(14-76)34-31(43(69,70)71)9-22(40(60,61)62)10-32(34)44(72,73)74)24(16-3-19(37(51,52)53)6-20(4-16)38(54,55)56)12-25(23)27(13-75)33-29(41(63,64)65)7-21(39(57,58)59)8-30(33)42(66,67)68/h1-12H/b27-25+,28-26+. The summed E-state index contributed by atoms with van der Waals surface area (Å²) >= 11 is 0. The molecule has 2 nitrogen and oxygen atoms in total. The molecule has 0 saturated carbocycles. The van der Waals surface area contributed by atoms with Crippen LogP contribution >= 0.6 is 0 Å². The maximum absolute atomic E-state index is 14.8. The van der Waals surface area contributed by atoms with Gasteiger partial charge in [-0.05, 0) is 95.1 Å². The Morgan fingerprint density at radius 2 is 0.434 bits per heavy atom. The molecule has 5 aromatic rings. The van der Waals surface area contributed by atoms with Gasteiger partial charge in [0.2, 0.25) is 0 Å². The zero-order valence-electron chi connectivity index (χ0n) is 35.2. The van der Waals surface area contributed by atoms with Crippen LogP contribution in [-0.4, -0.2) is 0 Å². The van der Waals surface area contributed by atoms with Crippen LogP contribution in [0.5, 0.6) is 0 Å². The second-order valence-electron chi connectivity index (χ2n) is 15.4. The van der Waals surface area contributed by atoms with E-state index in [1.807, 2.05) is 0 Å². The Morgan fingerprint density at radius 3 is 0.592 bits per heavy atom. The first-order valence-electron chi connectivity index (χ1n) is 19.0. The Kier molecular flexibility index (Phi) is 14.7. The molecule has 0 bridgehead atoms. The normalized spacial score (nSPS) is 14.6. The highest BCUT2D eigenvalue weighted by atomic mass is 19.4. The van der Waals surface area contributed by atoms with E-state index in [1.165, 1.54) is 0 Å². The molecule has 0 N–H and O–H groups in total. The summed E-state index contributed by atoms with van der Waals surface area (Å²) in [6.45, 7) is 0. The lowest BCUT2D eigenvalue weighted by molar-refractivity contribution is -0.151. The maximum atomic E-state index is 14.8. The number of halogens is 30. The fourth-order valence-electron chi connectivity index (χ4n) is 7.26. The highest BCUT2D eigenvalue weighted by Gasteiger charge is 2.49. The van der Waals surface area contributed by atoms with Crippen LogP contribution in [0.3, 0.4) is 0 Å². The zero-order valence-corrected chi connectivity index (χ0v) is 35.2. The Bertz CT molecular complexity index is 2970. The molecule has 0 aromatic heterocycles. The van der Waals surface area contributed by atoms with E-state index in [0.29, 0.717) is 12.1 Å². The van der Waals surface area contributed by atoms with Crippen LogP contribution in [0.2, 0.25) is 0 Å². The van der Waals surface area contributed by atoms with Crippen LogP contribution in [0.1, 0.15) is 66.8 Å². The average molecular weight is 1140 g/mol. The highest BCUT2D eigenvalue weighted by molar-refractivity contribution is 5.90. The molecule has 0 aliphatic rings. The third-order valence-electron chi connectivity index (χ3n) is 10.4. The molecule has 0 spiro atoms. The predicted octanol–water partition coefficient (Wildman–Crippen LogP) is 16.7. The molecule has 0 saturated heterocycles. The summed E-state index contributed by atoms with van der Waals surface area (Å²) in [5.74, 6) is 0. The lowest BCUT2D eigenvalue weighted by Gasteiger charge is -2.23. The van der Waals surface area contributed by atoms with E-state index in [-0.39, 0.29) is 0 Å². The van der Waals surface area contributed by atoms with Gasteiger partial charge in [-0.2, -0.15) is 142 Å². The van der Waals surface area contributed by atoms with Crippen molar-refractivity contribution in [3.05, 3.63) is 150 Å². The van der Waals surface area contributed by atoms with Gasteiger partial charge in [-0.1, -0.05) is 0 Å².